The molecule has 1 aromatic rings. The Labute approximate surface area is 128 Å². The molecule has 0 saturated carbocycles. The summed E-state index contributed by atoms with van der Waals surface area (Å²) in [5.74, 6) is 0.895. The van der Waals surface area contributed by atoms with Crippen LogP contribution in [0.1, 0.15) is 36.9 Å². The third-order valence-corrected chi connectivity index (χ3v) is 4.31. The maximum atomic E-state index is 5.39. The molecule has 118 valence electrons. The molecule has 0 aromatic heterocycles. The number of benzene rings is 1. The molecule has 4 heteroatoms. The standard InChI is InChI=1S/C17H28N2O2/c1-13(18-16-7-9-19(2)10-8-16)14-5-6-17(21-4)15(11-14)12-20-3/h5-6,11,13,16,18H,7-10,12H2,1-4H3. The van der Waals surface area contributed by atoms with E-state index in [1.54, 1.807) is 14.2 Å². The van der Waals surface area contributed by atoms with Crippen LogP contribution in [0.5, 0.6) is 5.75 Å². The number of piperidine rings is 1. The molecule has 0 spiro atoms. The van der Waals surface area contributed by atoms with Crippen molar-refractivity contribution in [1.29, 1.82) is 0 Å². The predicted octanol–water partition coefficient (Wildman–Crippen LogP) is 2.59. The highest BCUT2D eigenvalue weighted by molar-refractivity contribution is 5.38. The summed E-state index contributed by atoms with van der Waals surface area (Å²) in [6, 6.07) is 7.33. The molecule has 0 radical (unpaired) electrons. The largest absolute Gasteiger partial charge is 0.496 e. The average Bonchev–Trinajstić information content (AvgIpc) is 2.50. The van der Waals surface area contributed by atoms with Crippen LogP contribution in [-0.4, -0.2) is 45.3 Å². The van der Waals surface area contributed by atoms with E-state index in [0.717, 1.165) is 11.3 Å². The smallest absolute Gasteiger partial charge is 0.124 e. The Kier molecular flexibility index (Phi) is 6.03. The van der Waals surface area contributed by atoms with Crippen molar-refractivity contribution in [2.75, 3.05) is 34.4 Å². The molecule has 21 heavy (non-hydrogen) atoms. The Hall–Kier alpha value is -1.10. The Morgan fingerprint density at radius 3 is 2.62 bits per heavy atom. The summed E-state index contributed by atoms with van der Waals surface area (Å²) in [5.41, 5.74) is 2.40. The summed E-state index contributed by atoms with van der Waals surface area (Å²) in [6.45, 7) is 5.18. The molecular weight excluding hydrogens is 264 g/mol. The first-order valence-corrected chi connectivity index (χ1v) is 7.74. The number of hydrogen-bond acceptors (Lipinski definition) is 4. The molecule has 1 atom stereocenters. The Balaban J connectivity index is 2.01. The van der Waals surface area contributed by atoms with Gasteiger partial charge in [-0.25, -0.2) is 0 Å². The highest BCUT2D eigenvalue weighted by atomic mass is 16.5. The molecule has 1 fully saturated rings. The maximum absolute atomic E-state index is 5.39. The number of nitrogens with zero attached hydrogens (tertiary/aromatic N) is 1. The fraction of sp³-hybridized carbons (Fsp3) is 0.647. The molecule has 0 bridgehead atoms. The van der Waals surface area contributed by atoms with E-state index in [1.807, 2.05) is 6.07 Å². The molecule has 1 saturated heterocycles. The summed E-state index contributed by atoms with van der Waals surface area (Å²) < 4.78 is 10.6. The van der Waals surface area contributed by atoms with Crippen molar-refractivity contribution in [3.63, 3.8) is 0 Å². The van der Waals surface area contributed by atoms with E-state index >= 15 is 0 Å². The molecule has 0 amide bonds. The van der Waals surface area contributed by atoms with Crippen LogP contribution in [0.4, 0.5) is 0 Å². The lowest BCUT2D eigenvalue weighted by molar-refractivity contribution is 0.181. The maximum Gasteiger partial charge on any atom is 0.124 e. The lowest BCUT2D eigenvalue weighted by Crippen LogP contribution is -2.41. The van der Waals surface area contributed by atoms with Crippen molar-refractivity contribution >= 4 is 0 Å². The predicted molar refractivity (Wildman–Crippen MR) is 85.8 cm³/mol. The number of ether oxygens (including phenoxy) is 2. The molecule has 1 heterocycles. The van der Waals surface area contributed by atoms with Gasteiger partial charge in [-0.05, 0) is 57.6 Å². The fourth-order valence-corrected chi connectivity index (χ4v) is 2.96. The van der Waals surface area contributed by atoms with Gasteiger partial charge in [0.25, 0.3) is 0 Å². The highest BCUT2D eigenvalue weighted by Crippen LogP contribution is 2.25. The summed E-state index contributed by atoms with van der Waals surface area (Å²) >= 11 is 0. The minimum absolute atomic E-state index is 0.347. The number of nitrogens with one attached hydrogen (secondary N) is 1. The second-order valence-corrected chi connectivity index (χ2v) is 5.97. The minimum atomic E-state index is 0.347. The van der Waals surface area contributed by atoms with Gasteiger partial charge >= 0.3 is 0 Å². The molecule has 1 N–H and O–H groups in total. The second kappa shape index (κ2) is 7.78. The summed E-state index contributed by atoms with van der Waals surface area (Å²) in [7, 11) is 5.61. The van der Waals surface area contributed by atoms with E-state index < -0.39 is 0 Å². The van der Waals surface area contributed by atoms with Crippen molar-refractivity contribution in [2.45, 2.75) is 38.5 Å². The molecule has 1 aromatic carbocycles. The highest BCUT2D eigenvalue weighted by Gasteiger charge is 2.19. The first kappa shape index (κ1) is 16.3. The van der Waals surface area contributed by atoms with Gasteiger partial charge in [-0.15, -0.1) is 0 Å². The Morgan fingerprint density at radius 1 is 1.29 bits per heavy atom. The van der Waals surface area contributed by atoms with E-state index in [0.29, 0.717) is 18.7 Å². The van der Waals surface area contributed by atoms with Crippen LogP contribution in [0.2, 0.25) is 0 Å². The van der Waals surface area contributed by atoms with E-state index in [2.05, 4.69) is 36.3 Å². The van der Waals surface area contributed by atoms with Crippen LogP contribution in [0.25, 0.3) is 0 Å². The molecule has 1 unspecified atom stereocenters. The third-order valence-electron chi connectivity index (χ3n) is 4.31. The molecule has 4 nitrogen and oxygen atoms in total. The van der Waals surface area contributed by atoms with E-state index in [-0.39, 0.29) is 0 Å². The van der Waals surface area contributed by atoms with Gasteiger partial charge in [-0.2, -0.15) is 0 Å². The average molecular weight is 292 g/mol. The van der Waals surface area contributed by atoms with Gasteiger partial charge in [0.1, 0.15) is 5.75 Å². The van der Waals surface area contributed by atoms with Crippen molar-refractivity contribution in [3.8, 4) is 5.75 Å². The monoisotopic (exact) mass is 292 g/mol. The number of methoxy groups -OCH3 is 2. The van der Waals surface area contributed by atoms with Crippen LogP contribution in [0, 0.1) is 0 Å². The summed E-state index contributed by atoms with van der Waals surface area (Å²) in [5, 5.41) is 3.75. The van der Waals surface area contributed by atoms with Gasteiger partial charge in [0.05, 0.1) is 13.7 Å². The van der Waals surface area contributed by atoms with Gasteiger partial charge in [0.15, 0.2) is 0 Å². The lowest BCUT2D eigenvalue weighted by Gasteiger charge is -2.32. The summed E-state index contributed by atoms with van der Waals surface area (Å²) in [6.07, 6.45) is 2.45. The lowest BCUT2D eigenvalue weighted by atomic mass is 10.0. The van der Waals surface area contributed by atoms with Crippen LogP contribution < -0.4 is 10.1 Å². The van der Waals surface area contributed by atoms with Crippen molar-refractivity contribution < 1.29 is 9.47 Å². The third kappa shape index (κ3) is 4.43. The number of likely N-dealkylation sites (tertiary alicyclic amines) is 1. The van der Waals surface area contributed by atoms with Crippen molar-refractivity contribution in [3.05, 3.63) is 29.3 Å². The zero-order valence-electron chi connectivity index (χ0n) is 13.7. The van der Waals surface area contributed by atoms with Crippen LogP contribution in [0.3, 0.4) is 0 Å². The normalized spacial score (nSPS) is 18.7. The molecular formula is C17H28N2O2. The van der Waals surface area contributed by atoms with E-state index in [4.69, 9.17) is 9.47 Å². The van der Waals surface area contributed by atoms with Crippen molar-refractivity contribution in [2.24, 2.45) is 0 Å². The topological polar surface area (TPSA) is 33.7 Å². The fourth-order valence-electron chi connectivity index (χ4n) is 2.96. The Bertz CT molecular complexity index is 442. The quantitative estimate of drug-likeness (QED) is 0.874. The SMILES string of the molecule is COCc1cc(C(C)NC2CCN(C)CC2)ccc1OC. The molecule has 2 rings (SSSR count). The zero-order valence-corrected chi connectivity index (χ0v) is 13.7. The molecule has 1 aliphatic rings. The van der Waals surface area contributed by atoms with Gasteiger partial charge in [-0.3, -0.25) is 0 Å². The first-order chi connectivity index (χ1) is 10.1. The van der Waals surface area contributed by atoms with Gasteiger partial charge in [0.2, 0.25) is 0 Å². The summed E-state index contributed by atoms with van der Waals surface area (Å²) in [4.78, 5) is 2.40. The van der Waals surface area contributed by atoms with Crippen LogP contribution in [-0.2, 0) is 11.3 Å². The van der Waals surface area contributed by atoms with Crippen LogP contribution in [0.15, 0.2) is 18.2 Å². The number of hydrogen-bond donors (Lipinski definition) is 1. The van der Waals surface area contributed by atoms with Gasteiger partial charge in [0, 0.05) is 24.8 Å². The minimum Gasteiger partial charge on any atom is -0.496 e. The van der Waals surface area contributed by atoms with E-state index in [1.165, 1.54) is 31.5 Å². The second-order valence-electron chi connectivity index (χ2n) is 5.97. The number of rotatable bonds is 6. The van der Waals surface area contributed by atoms with Gasteiger partial charge in [-0.1, -0.05) is 6.07 Å². The van der Waals surface area contributed by atoms with Crippen molar-refractivity contribution in [1.82, 2.24) is 10.2 Å². The van der Waals surface area contributed by atoms with E-state index in [9.17, 15) is 0 Å². The first-order valence-electron chi connectivity index (χ1n) is 7.74. The molecule has 0 aliphatic carbocycles. The van der Waals surface area contributed by atoms with Gasteiger partial charge < -0.3 is 19.7 Å². The molecule has 1 aliphatic heterocycles. The van der Waals surface area contributed by atoms with Crippen LogP contribution >= 0.6 is 0 Å². The Morgan fingerprint density at radius 2 is 2.00 bits per heavy atom. The zero-order chi connectivity index (χ0) is 15.2.